The highest BCUT2D eigenvalue weighted by molar-refractivity contribution is 7.14. The highest BCUT2D eigenvalue weighted by Gasteiger charge is 2.74. The molecule has 8 atom stereocenters. The van der Waals surface area contributed by atoms with Gasteiger partial charge in [0.2, 0.25) is 0 Å². The van der Waals surface area contributed by atoms with Gasteiger partial charge in [-0.05, 0) is 106 Å². The minimum absolute atomic E-state index is 0.0252. The Balaban J connectivity index is 1.19. The zero-order chi connectivity index (χ0) is 37.4. The number of anilines is 1. The van der Waals surface area contributed by atoms with Crippen LogP contribution in [0.25, 0.3) is 0 Å². The van der Waals surface area contributed by atoms with Crippen molar-refractivity contribution in [3.05, 3.63) is 99.8 Å². The van der Waals surface area contributed by atoms with Crippen LogP contribution in [-0.4, -0.2) is 59.4 Å². The van der Waals surface area contributed by atoms with Gasteiger partial charge in [-0.2, -0.15) is 0 Å². The molecule has 3 aromatic rings. The number of ketones is 1. The molecule has 9 heteroatoms. The van der Waals surface area contributed by atoms with Gasteiger partial charge in [0.15, 0.2) is 5.78 Å². The monoisotopic (exact) mass is 736 g/mol. The highest BCUT2D eigenvalue weighted by Crippen LogP contribution is 2.78. The first-order chi connectivity index (χ1) is 25.3. The smallest absolute Gasteiger partial charge is 0.322 e. The number of thiophene rings is 1. The number of para-hydroxylation sites is 1. The molecule has 6 aliphatic carbocycles. The molecule has 2 aromatic carbocycles. The number of methoxy groups -OCH3 is 2. The molecule has 6 aliphatic rings. The summed E-state index contributed by atoms with van der Waals surface area (Å²) in [6.07, 6.45) is 11.7. The Kier molecular flexibility index (Phi) is 8.74. The number of aliphatic hydroxyl groups excluding tert-OH is 1. The van der Waals surface area contributed by atoms with E-state index in [-0.39, 0.29) is 47.6 Å². The maximum Gasteiger partial charge on any atom is 0.322 e. The normalized spacial score (nSPS) is 35.1. The number of carbonyl (C=O) groups excluding carboxylic acids is 2. The van der Waals surface area contributed by atoms with Crippen LogP contribution in [0.2, 0.25) is 0 Å². The van der Waals surface area contributed by atoms with Crippen LogP contribution < -0.4 is 14.8 Å². The topological polar surface area (TPSA) is 108 Å². The molecule has 0 aliphatic heterocycles. The first-order valence-electron chi connectivity index (χ1n) is 19.1. The second kappa shape index (κ2) is 12.8. The van der Waals surface area contributed by atoms with Crippen LogP contribution in [0.15, 0.2) is 84.5 Å². The van der Waals surface area contributed by atoms with E-state index in [0.717, 1.165) is 53.0 Å². The van der Waals surface area contributed by atoms with E-state index in [9.17, 15) is 19.8 Å². The van der Waals surface area contributed by atoms with Crippen molar-refractivity contribution in [1.82, 2.24) is 4.90 Å². The van der Waals surface area contributed by atoms with Crippen LogP contribution in [0.4, 0.5) is 10.5 Å². The van der Waals surface area contributed by atoms with Gasteiger partial charge in [-0.1, -0.05) is 50.3 Å². The Hall–Kier alpha value is -3.92. The van der Waals surface area contributed by atoms with E-state index in [1.54, 1.807) is 19.1 Å². The van der Waals surface area contributed by atoms with Crippen molar-refractivity contribution in [2.24, 2.45) is 33.5 Å². The van der Waals surface area contributed by atoms with Crippen LogP contribution in [-0.2, 0) is 6.54 Å². The molecular formula is C44H52N2O6S. The highest BCUT2D eigenvalue weighted by atomic mass is 32.1. The van der Waals surface area contributed by atoms with Crippen LogP contribution in [0.5, 0.6) is 11.5 Å². The molecule has 9 rings (SSSR count). The third-order valence-electron chi connectivity index (χ3n) is 14.5. The number of ether oxygens (including phenoxy) is 2. The number of urea groups is 1. The zero-order valence-electron chi connectivity index (χ0n) is 31.5. The number of allylic oxidation sites excluding steroid dienone is 4. The van der Waals surface area contributed by atoms with E-state index < -0.39 is 22.5 Å². The number of nitrogens with one attached hydrogen (secondary N) is 1. The van der Waals surface area contributed by atoms with Gasteiger partial charge < -0.3 is 29.9 Å². The van der Waals surface area contributed by atoms with Crippen LogP contribution >= 0.6 is 11.3 Å². The van der Waals surface area contributed by atoms with Gasteiger partial charge in [0.1, 0.15) is 11.5 Å². The van der Waals surface area contributed by atoms with Crippen molar-refractivity contribution in [3.8, 4) is 11.5 Å². The Morgan fingerprint density at radius 2 is 1.66 bits per heavy atom. The predicted octanol–water partition coefficient (Wildman–Crippen LogP) is 8.58. The van der Waals surface area contributed by atoms with E-state index in [1.807, 2.05) is 67.6 Å². The summed E-state index contributed by atoms with van der Waals surface area (Å²) in [5.74, 6) is 1.50. The number of aryl methyl sites for hydroxylation is 1. The minimum Gasteiger partial charge on any atom is -0.497 e. The summed E-state index contributed by atoms with van der Waals surface area (Å²) in [6.45, 7) is 6.98. The second-order valence-electron chi connectivity index (χ2n) is 16.9. The maximum atomic E-state index is 14.8. The molecule has 0 saturated heterocycles. The average molecular weight is 737 g/mol. The number of nitrogens with zero attached hydrogens (tertiary/aromatic N) is 1. The number of hydrogen-bond acceptors (Lipinski definition) is 7. The first-order valence-corrected chi connectivity index (χ1v) is 19.9. The molecular weight excluding hydrogens is 685 g/mol. The molecule has 1 heterocycles. The second-order valence-corrected chi connectivity index (χ2v) is 18.2. The molecule has 0 radical (unpaired) electrons. The molecule has 3 N–H and O–H groups in total. The Bertz CT molecular complexity index is 1990. The van der Waals surface area contributed by atoms with Gasteiger partial charge >= 0.3 is 6.03 Å². The van der Waals surface area contributed by atoms with Crippen molar-refractivity contribution in [2.75, 3.05) is 26.1 Å². The summed E-state index contributed by atoms with van der Waals surface area (Å²) in [5, 5.41) is 27.3. The van der Waals surface area contributed by atoms with Gasteiger partial charge in [0, 0.05) is 44.0 Å². The average Bonchev–Trinajstić information content (AvgIpc) is 3.71. The first kappa shape index (κ1) is 36.1. The predicted molar refractivity (Wildman–Crippen MR) is 207 cm³/mol. The maximum absolute atomic E-state index is 14.8. The molecule has 3 saturated carbocycles. The number of amides is 2. The van der Waals surface area contributed by atoms with Crippen molar-refractivity contribution < 1.29 is 29.3 Å². The summed E-state index contributed by atoms with van der Waals surface area (Å²) in [5.41, 5.74) is -0.590. The third kappa shape index (κ3) is 5.35. The van der Waals surface area contributed by atoms with Crippen molar-refractivity contribution in [1.29, 1.82) is 0 Å². The molecule has 1 aromatic heterocycles. The van der Waals surface area contributed by atoms with Crippen molar-refractivity contribution >= 4 is 28.8 Å². The zero-order valence-corrected chi connectivity index (χ0v) is 32.3. The van der Waals surface area contributed by atoms with Crippen LogP contribution in [0, 0.1) is 40.4 Å². The summed E-state index contributed by atoms with van der Waals surface area (Å²) in [6, 6.07) is 18.6. The standard InChI is InChI=1S/C44H52N2O6S/c1-28-11-14-35(53-28)38(48)33-25-42-21-22-44(33)36(40(42,2)18-15-31(47)24-42)16-19-41(3)37(44)17-20-43(41,50)27-46(39(49)45-30-9-7-6-8-10-30)26-29-12-13-32(51-4)23-34(29)52-5/h6-14,21-23,25,31,36-37,47,50H,15-20,24,26-27H2,1-5H3,(H,45,49). The van der Waals surface area contributed by atoms with E-state index in [4.69, 9.17) is 9.47 Å². The summed E-state index contributed by atoms with van der Waals surface area (Å²) >= 11 is 1.54. The van der Waals surface area contributed by atoms with E-state index in [0.29, 0.717) is 30.0 Å². The van der Waals surface area contributed by atoms with E-state index >= 15 is 0 Å². The number of carbonyl (C=O) groups is 2. The molecule has 8 nitrogen and oxygen atoms in total. The third-order valence-corrected chi connectivity index (χ3v) is 15.5. The molecule has 280 valence electrons. The van der Waals surface area contributed by atoms with Gasteiger partial charge in [0.25, 0.3) is 0 Å². The summed E-state index contributed by atoms with van der Waals surface area (Å²) in [4.78, 5) is 32.6. The molecule has 2 amide bonds. The van der Waals surface area contributed by atoms with E-state index in [2.05, 4.69) is 37.4 Å². The summed E-state index contributed by atoms with van der Waals surface area (Å²) < 4.78 is 11.2. The molecule has 3 fully saturated rings. The number of aliphatic hydroxyl groups is 2. The molecule has 53 heavy (non-hydrogen) atoms. The quantitative estimate of drug-likeness (QED) is 0.150. The lowest BCUT2D eigenvalue weighted by molar-refractivity contribution is -0.174. The van der Waals surface area contributed by atoms with Gasteiger partial charge in [-0.3, -0.25) is 4.79 Å². The molecule has 8 unspecified atom stereocenters. The lowest BCUT2D eigenvalue weighted by Crippen LogP contribution is -2.67. The fourth-order valence-electron chi connectivity index (χ4n) is 11.7. The van der Waals surface area contributed by atoms with Gasteiger partial charge in [-0.15, -0.1) is 11.3 Å². The fraction of sp³-hybridized carbons (Fsp3) is 0.500. The fourth-order valence-corrected chi connectivity index (χ4v) is 12.5. The SMILES string of the molecule is COc1ccc(CN(CC2(O)CCC3C45C=CC6(C=C4C(=O)c4ccc(C)s4)CC(O)CCC6(C)C5CCC32C)C(=O)Nc2ccccc2)c(OC)c1. The van der Waals surface area contributed by atoms with Gasteiger partial charge in [-0.25, -0.2) is 4.79 Å². The van der Waals surface area contributed by atoms with E-state index in [1.165, 1.54) is 11.3 Å². The minimum atomic E-state index is -1.23. The summed E-state index contributed by atoms with van der Waals surface area (Å²) in [7, 11) is 3.21. The number of rotatable bonds is 9. The largest absolute Gasteiger partial charge is 0.497 e. The van der Waals surface area contributed by atoms with Crippen LogP contribution in [0.1, 0.15) is 78.9 Å². The Morgan fingerprint density at radius 1 is 0.925 bits per heavy atom. The Morgan fingerprint density at radius 3 is 2.38 bits per heavy atom. The lowest BCUT2D eigenvalue weighted by atomic mass is 9.32. The molecule has 2 bridgehead atoms. The van der Waals surface area contributed by atoms with Crippen molar-refractivity contribution in [2.45, 2.75) is 84.0 Å². The number of benzene rings is 2. The number of Topliss-reactive ketones (excluding diaryl/α,β-unsaturated/α-hetero) is 1. The molecule has 2 spiro atoms. The van der Waals surface area contributed by atoms with Crippen molar-refractivity contribution in [3.63, 3.8) is 0 Å². The Labute approximate surface area is 316 Å². The van der Waals surface area contributed by atoms with Gasteiger partial charge in [0.05, 0.1) is 43.9 Å². The lowest BCUT2D eigenvalue weighted by Gasteiger charge is -2.71. The van der Waals surface area contributed by atoms with Crippen LogP contribution in [0.3, 0.4) is 0 Å². The number of fused-ring (bicyclic) bond motifs is 1. The number of hydrogen-bond donors (Lipinski definition) is 3.